The fourth-order valence-electron chi connectivity index (χ4n) is 3.10. The van der Waals surface area contributed by atoms with Crippen LogP contribution in [0.2, 0.25) is 0 Å². The van der Waals surface area contributed by atoms with Gasteiger partial charge in [-0.05, 0) is 37.8 Å². The Morgan fingerprint density at radius 3 is 2.61 bits per heavy atom. The van der Waals surface area contributed by atoms with Crippen LogP contribution in [-0.4, -0.2) is 36.8 Å². The smallest absolute Gasteiger partial charge is 0.243 e. The summed E-state index contributed by atoms with van der Waals surface area (Å²) in [5.41, 5.74) is 5.93. The van der Waals surface area contributed by atoms with Crippen molar-refractivity contribution in [2.45, 2.75) is 30.7 Å². The van der Waals surface area contributed by atoms with Gasteiger partial charge in [0.05, 0.1) is 4.90 Å². The number of nitrogens with two attached hydrogens (primary N) is 1. The third-order valence-electron chi connectivity index (χ3n) is 4.50. The summed E-state index contributed by atoms with van der Waals surface area (Å²) in [5.74, 6) is 0.406. The van der Waals surface area contributed by atoms with E-state index in [2.05, 4.69) is 4.98 Å². The van der Waals surface area contributed by atoms with Crippen molar-refractivity contribution in [1.29, 1.82) is 0 Å². The number of rotatable bonds is 3. The standard InChI is InChI=1S/C16H21N3O2S.ClH/c1-12(17)13-6-9-19(10-7-13)22(20,21)16-4-2-3-14-11-18-8-5-15(14)16;/h2-5,8,11-13H,6-7,9-10,17H2,1H3;1H. The van der Waals surface area contributed by atoms with E-state index in [-0.39, 0.29) is 18.4 Å². The lowest BCUT2D eigenvalue weighted by molar-refractivity contribution is 0.251. The first-order valence-corrected chi connectivity index (χ1v) is 9.02. The molecule has 0 saturated carbocycles. The van der Waals surface area contributed by atoms with Gasteiger partial charge in [-0.2, -0.15) is 4.31 Å². The number of hydrogen-bond donors (Lipinski definition) is 1. The van der Waals surface area contributed by atoms with Crippen LogP contribution in [0, 0.1) is 5.92 Å². The number of fused-ring (bicyclic) bond motifs is 1. The van der Waals surface area contributed by atoms with Crippen molar-refractivity contribution in [2.75, 3.05) is 13.1 Å². The summed E-state index contributed by atoms with van der Waals surface area (Å²) in [5, 5.41) is 1.57. The highest BCUT2D eigenvalue weighted by Crippen LogP contribution is 2.29. The number of sulfonamides is 1. The van der Waals surface area contributed by atoms with Gasteiger partial charge in [-0.25, -0.2) is 8.42 Å². The van der Waals surface area contributed by atoms with Crippen molar-refractivity contribution in [3.63, 3.8) is 0 Å². The highest BCUT2D eigenvalue weighted by atomic mass is 35.5. The third-order valence-corrected chi connectivity index (χ3v) is 6.46. The molecule has 1 aliphatic rings. The van der Waals surface area contributed by atoms with Crippen LogP contribution in [0.4, 0.5) is 0 Å². The number of benzene rings is 1. The second kappa shape index (κ2) is 7.13. The summed E-state index contributed by atoms with van der Waals surface area (Å²) in [6, 6.07) is 7.20. The number of nitrogens with zero attached hydrogens (tertiary/aromatic N) is 2. The molecular weight excluding hydrogens is 334 g/mol. The molecule has 1 aromatic carbocycles. The van der Waals surface area contributed by atoms with Crippen LogP contribution in [0.3, 0.4) is 0 Å². The minimum absolute atomic E-state index is 0. The molecule has 0 spiro atoms. The van der Waals surface area contributed by atoms with Gasteiger partial charge in [-0.15, -0.1) is 12.4 Å². The van der Waals surface area contributed by atoms with Crippen LogP contribution in [0.5, 0.6) is 0 Å². The van der Waals surface area contributed by atoms with Gasteiger partial charge in [-0.3, -0.25) is 4.98 Å². The summed E-state index contributed by atoms with van der Waals surface area (Å²) < 4.78 is 27.5. The first kappa shape index (κ1) is 18.1. The molecule has 0 radical (unpaired) electrons. The molecule has 1 atom stereocenters. The highest BCUT2D eigenvalue weighted by Gasteiger charge is 2.31. The largest absolute Gasteiger partial charge is 0.328 e. The van der Waals surface area contributed by atoms with Crippen LogP contribution in [-0.2, 0) is 10.0 Å². The average molecular weight is 356 g/mol. The van der Waals surface area contributed by atoms with E-state index in [9.17, 15) is 8.42 Å². The Kier molecular flexibility index (Phi) is 5.62. The summed E-state index contributed by atoms with van der Waals surface area (Å²) in [6.45, 7) is 3.07. The summed E-state index contributed by atoms with van der Waals surface area (Å²) in [7, 11) is -3.47. The van der Waals surface area contributed by atoms with Gasteiger partial charge >= 0.3 is 0 Å². The van der Waals surface area contributed by atoms with Gasteiger partial charge in [0.15, 0.2) is 0 Å². The van der Waals surface area contributed by atoms with E-state index in [1.165, 1.54) is 0 Å². The van der Waals surface area contributed by atoms with Crippen molar-refractivity contribution in [3.05, 3.63) is 36.7 Å². The summed E-state index contributed by atoms with van der Waals surface area (Å²) >= 11 is 0. The Labute approximate surface area is 143 Å². The molecule has 1 aromatic heterocycles. The third kappa shape index (κ3) is 3.50. The second-order valence-corrected chi connectivity index (χ2v) is 7.86. The van der Waals surface area contributed by atoms with Crippen molar-refractivity contribution in [3.8, 4) is 0 Å². The fourth-order valence-corrected chi connectivity index (χ4v) is 4.78. The van der Waals surface area contributed by atoms with Crippen LogP contribution in [0.25, 0.3) is 10.8 Å². The minimum Gasteiger partial charge on any atom is -0.328 e. The molecule has 3 rings (SSSR count). The number of piperidine rings is 1. The van der Waals surface area contributed by atoms with Crippen LogP contribution in [0.1, 0.15) is 19.8 Å². The molecule has 23 heavy (non-hydrogen) atoms. The molecule has 0 aliphatic carbocycles. The molecule has 2 heterocycles. The first-order chi connectivity index (χ1) is 10.5. The number of halogens is 1. The molecule has 7 heteroatoms. The predicted molar refractivity (Wildman–Crippen MR) is 94.1 cm³/mol. The zero-order valence-electron chi connectivity index (χ0n) is 13.1. The molecule has 0 bridgehead atoms. The lowest BCUT2D eigenvalue weighted by Crippen LogP contribution is -2.42. The van der Waals surface area contributed by atoms with Crippen LogP contribution in [0.15, 0.2) is 41.6 Å². The van der Waals surface area contributed by atoms with Gasteiger partial charge in [0.1, 0.15) is 0 Å². The predicted octanol–water partition coefficient (Wildman–Crippen LogP) is 2.40. The SMILES string of the molecule is CC(N)C1CCN(S(=O)(=O)c2cccc3cnccc23)CC1.Cl. The summed E-state index contributed by atoms with van der Waals surface area (Å²) in [4.78, 5) is 4.42. The second-order valence-electron chi connectivity index (χ2n) is 5.95. The van der Waals surface area contributed by atoms with Gasteiger partial charge in [-0.1, -0.05) is 12.1 Å². The number of pyridine rings is 1. The highest BCUT2D eigenvalue weighted by molar-refractivity contribution is 7.89. The maximum atomic E-state index is 13.0. The monoisotopic (exact) mass is 355 g/mol. The lowest BCUT2D eigenvalue weighted by Gasteiger charge is -2.33. The van der Waals surface area contributed by atoms with E-state index >= 15 is 0 Å². The normalized spacial score (nSPS) is 18.5. The van der Waals surface area contributed by atoms with E-state index in [4.69, 9.17) is 5.73 Å². The minimum atomic E-state index is -3.47. The molecule has 0 amide bonds. The fraction of sp³-hybridized carbons (Fsp3) is 0.438. The van der Waals surface area contributed by atoms with Crippen molar-refractivity contribution in [2.24, 2.45) is 11.7 Å². The van der Waals surface area contributed by atoms with E-state index in [0.29, 0.717) is 23.9 Å². The molecule has 1 fully saturated rings. The average Bonchev–Trinajstić information content (AvgIpc) is 2.54. The van der Waals surface area contributed by atoms with E-state index in [0.717, 1.165) is 23.6 Å². The molecule has 5 nitrogen and oxygen atoms in total. The van der Waals surface area contributed by atoms with Gasteiger partial charge in [0.25, 0.3) is 0 Å². The molecule has 1 saturated heterocycles. The van der Waals surface area contributed by atoms with E-state index in [1.807, 2.05) is 13.0 Å². The zero-order valence-corrected chi connectivity index (χ0v) is 14.7. The Hall–Kier alpha value is -1.21. The summed E-state index contributed by atoms with van der Waals surface area (Å²) in [6.07, 6.45) is 4.97. The van der Waals surface area contributed by atoms with E-state index < -0.39 is 10.0 Å². The van der Waals surface area contributed by atoms with Gasteiger partial charge in [0.2, 0.25) is 10.0 Å². The molecule has 126 valence electrons. The molecule has 2 aromatic rings. The van der Waals surface area contributed by atoms with Crippen molar-refractivity contribution >= 4 is 33.2 Å². The Morgan fingerprint density at radius 1 is 1.26 bits per heavy atom. The van der Waals surface area contributed by atoms with Gasteiger partial charge < -0.3 is 5.73 Å². The molecule has 1 aliphatic heterocycles. The van der Waals surface area contributed by atoms with Gasteiger partial charge in [0, 0.05) is 42.3 Å². The lowest BCUT2D eigenvalue weighted by atomic mass is 9.92. The maximum absolute atomic E-state index is 13.0. The van der Waals surface area contributed by atoms with Crippen LogP contribution >= 0.6 is 12.4 Å². The van der Waals surface area contributed by atoms with Crippen LogP contribution < -0.4 is 5.73 Å². The number of aromatic nitrogens is 1. The Morgan fingerprint density at radius 2 is 1.96 bits per heavy atom. The zero-order chi connectivity index (χ0) is 15.7. The quantitative estimate of drug-likeness (QED) is 0.917. The van der Waals surface area contributed by atoms with E-state index in [1.54, 1.807) is 34.9 Å². The molecular formula is C16H22ClN3O2S. The Balaban J connectivity index is 0.00000192. The first-order valence-electron chi connectivity index (χ1n) is 7.58. The molecule has 2 N–H and O–H groups in total. The van der Waals surface area contributed by atoms with Crippen molar-refractivity contribution < 1.29 is 8.42 Å². The van der Waals surface area contributed by atoms with Crippen molar-refractivity contribution in [1.82, 2.24) is 9.29 Å². The Bertz CT molecular complexity index is 766. The molecule has 1 unspecified atom stereocenters. The number of hydrogen-bond acceptors (Lipinski definition) is 4. The maximum Gasteiger partial charge on any atom is 0.243 e. The topological polar surface area (TPSA) is 76.3 Å².